The standard InChI is InChI=1S/C20H28N6O/c1-4-22-19(27)25-7-5-20(12-25)6-8-26-17(20)10-16(24-26)14-9-15(13(2)3)18(21)23-11-14/h9-11,13H,4-8,12H2,1-3H3,(H2,21,23)(H,22,27). The van der Waals surface area contributed by atoms with Gasteiger partial charge in [0.2, 0.25) is 0 Å². The maximum Gasteiger partial charge on any atom is 0.317 e. The monoisotopic (exact) mass is 368 g/mol. The summed E-state index contributed by atoms with van der Waals surface area (Å²) in [5.41, 5.74) is 10.3. The number of pyridine rings is 1. The molecule has 2 aliphatic heterocycles. The van der Waals surface area contributed by atoms with Crippen LogP contribution in [0.3, 0.4) is 0 Å². The Hall–Kier alpha value is -2.57. The quantitative estimate of drug-likeness (QED) is 0.872. The topological polar surface area (TPSA) is 89.1 Å². The Labute approximate surface area is 159 Å². The number of urea groups is 1. The van der Waals surface area contributed by atoms with Crippen molar-refractivity contribution < 1.29 is 4.79 Å². The summed E-state index contributed by atoms with van der Waals surface area (Å²) in [5, 5.41) is 7.75. The summed E-state index contributed by atoms with van der Waals surface area (Å²) >= 11 is 0. The SMILES string of the molecule is CCNC(=O)N1CCC2(CCn3nc(-c4cnc(N)c(C(C)C)c4)cc32)C1. The second kappa shape index (κ2) is 6.55. The van der Waals surface area contributed by atoms with Crippen molar-refractivity contribution in [3.63, 3.8) is 0 Å². The number of rotatable bonds is 3. The number of aromatic nitrogens is 3. The van der Waals surface area contributed by atoms with Crippen LogP contribution in [0.5, 0.6) is 0 Å². The van der Waals surface area contributed by atoms with Crippen LogP contribution in [0.2, 0.25) is 0 Å². The van der Waals surface area contributed by atoms with Crippen molar-refractivity contribution in [2.75, 3.05) is 25.4 Å². The van der Waals surface area contributed by atoms with E-state index >= 15 is 0 Å². The van der Waals surface area contributed by atoms with Crippen molar-refractivity contribution in [1.29, 1.82) is 0 Å². The molecule has 0 aromatic carbocycles. The maximum absolute atomic E-state index is 12.2. The van der Waals surface area contributed by atoms with Gasteiger partial charge < -0.3 is 16.0 Å². The molecule has 0 bridgehead atoms. The lowest BCUT2D eigenvalue weighted by atomic mass is 9.82. The smallest absolute Gasteiger partial charge is 0.317 e. The molecule has 1 atom stereocenters. The molecule has 0 saturated carbocycles. The molecule has 27 heavy (non-hydrogen) atoms. The normalized spacial score (nSPS) is 21.3. The molecule has 7 heteroatoms. The number of hydrogen-bond acceptors (Lipinski definition) is 4. The van der Waals surface area contributed by atoms with Gasteiger partial charge in [-0.15, -0.1) is 0 Å². The van der Waals surface area contributed by atoms with Crippen LogP contribution in [0.4, 0.5) is 10.6 Å². The molecule has 1 fully saturated rings. The Morgan fingerprint density at radius 2 is 2.11 bits per heavy atom. The molecule has 3 N–H and O–H groups in total. The third-order valence-corrected chi connectivity index (χ3v) is 5.96. The van der Waals surface area contributed by atoms with Crippen molar-refractivity contribution in [1.82, 2.24) is 25.0 Å². The van der Waals surface area contributed by atoms with Crippen LogP contribution in [-0.2, 0) is 12.0 Å². The number of nitrogen functional groups attached to an aromatic ring is 1. The van der Waals surface area contributed by atoms with Gasteiger partial charge in [0.1, 0.15) is 5.82 Å². The fourth-order valence-electron chi connectivity index (χ4n) is 4.42. The fourth-order valence-corrected chi connectivity index (χ4v) is 4.42. The van der Waals surface area contributed by atoms with E-state index < -0.39 is 0 Å². The number of fused-ring (bicyclic) bond motifs is 2. The van der Waals surface area contributed by atoms with E-state index in [4.69, 9.17) is 10.8 Å². The van der Waals surface area contributed by atoms with Gasteiger partial charge in [-0.2, -0.15) is 5.10 Å². The number of likely N-dealkylation sites (tertiary alicyclic amines) is 1. The first kappa shape index (κ1) is 17.8. The molecular formula is C20H28N6O. The molecule has 7 nitrogen and oxygen atoms in total. The first-order valence-electron chi connectivity index (χ1n) is 9.80. The fraction of sp³-hybridized carbons (Fsp3) is 0.550. The lowest BCUT2D eigenvalue weighted by Gasteiger charge is -2.23. The molecule has 1 spiro atoms. The Morgan fingerprint density at radius 3 is 2.85 bits per heavy atom. The highest BCUT2D eigenvalue weighted by Crippen LogP contribution is 2.43. The minimum atomic E-state index is 0.0262. The number of anilines is 1. The number of nitrogens with two attached hydrogens (primary N) is 1. The van der Waals surface area contributed by atoms with E-state index in [-0.39, 0.29) is 11.4 Å². The van der Waals surface area contributed by atoms with Crippen LogP contribution in [0.15, 0.2) is 18.3 Å². The van der Waals surface area contributed by atoms with Crippen molar-refractivity contribution in [2.45, 2.75) is 51.5 Å². The Bertz CT molecular complexity index is 873. The number of aryl methyl sites for hydroxylation is 1. The first-order chi connectivity index (χ1) is 12.9. The zero-order valence-corrected chi connectivity index (χ0v) is 16.3. The summed E-state index contributed by atoms with van der Waals surface area (Å²) in [5.74, 6) is 0.907. The molecule has 0 radical (unpaired) electrons. The molecule has 2 aromatic heterocycles. The van der Waals surface area contributed by atoms with Gasteiger partial charge in [0.25, 0.3) is 0 Å². The van der Waals surface area contributed by atoms with Gasteiger partial charge in [-0.1, -0.05) is 13.8 Å². The summed E-state index contributed by atoms with van der Waals surface area (Å²) in [6.07, 6.45) is 3.84. The van der Waals surface area contributed by atoms with Crippen LogP contribution < -0.4 is 11.1 Å². The summed E-state index contributed by atoms with van der Waals surface area (Å²) in [6.45, 7) is 9.31. The summed E-state index contributed by atoms with van der Waals surface area (Å²) in [6, 6.07) is 4.33. The Morgan fingerprint density at radius 1 is 1.33 bits per heavy atom. The van der Waals surface area contributed by atoms with Gasteiger partial charge >= 0.3 is 6.03 Å². The maximum atomic E-state index is 12.2. The number of carbonyl (C=O) groups excluding carboxylic acids is 1. The molecular weight excluding hydrogens is 340 g/mol. The van der Waals surface area contributed by atoms with Crippen molar-refractivity contribution in [3.05, 3.63) is 29.6 Å². The van der Waals surface area contributed by atoms with Crippen LogP contribution >= 0.6 is 0 Å². The van der Waals surface area contributed by atoms with E-state index in [1.807, 2.05) is 18.0 Å². The van der Waals surface area contributed by atoms with Crippen molar-refractivity contribution >= 4 is 11.8 Å². The van der Waals surface area contributed by atoms with E-state index in [1.165, 1.54) is 5.69 Å². The average molecular weight is 368 g/mol. The molecule has 4 heterocycles. The number of nitrogens with one attached hydrogen (secondary N) is 1. The number of nitrogens with zero attached hydrogens (tertiary/aromatic N) is 4. The molecule has 144 valence electrons. The third kappa shape index (κ3) is 2.95. The number of hydrogen-bond donors (Lipinski definition) is 2. The molecule has 4 rings (SSSR count). The van der Waals surface area contributed by atoms with Gasteiger partial charge in [-0.05, 0) is 43.4 Å². The summed E-state index contributed by atoms with van der Waals surface area (Å²) < 4.78 is 2.11. The minimum absolute atomic E-state index is 0.0262. The van der Waals surface area contributed by atoms with E-state index in [2.05, 4.69) is 41.0 Å². The molecule has 1 saturated heterocycles. The molecule has 2 aromatic rings. The predicted molar refractivity (Wildman–Crippen MR) is 106 cm³/mol. The zero-order valence-electron chi connectivity index (χ0n) is 16.3. The van der Waals surface area contributed by atoms with Crippen LogP contribution in [0, 0.1) is 0 Å². The molecule has 1 unspecified atom stereocenters. The van der Waals surface area contributed by atoms with Gasteiger partial charge in [-0.25, -0.2) is 9.78 Å². The van der Waals surface area contributed by atoms with E-state index in [0.717, 1.165) is 49.3 Å². The molecule has 0 aliphatic carbocycles. The van der Waals surface area contributed by atoms with E-state index in [1.54, 1.807) is 0 Å². The summed E-state index contributed by atoms with van der Waals surface area (Å²) in [4.78, 5) is 18.5. The summed E-state index contributed by atoms with van der Waals surface area (Å²) in [7, 11) is 0. The largest absolute Gasteiger partial charge is 0.383 e. The Balaban J connectivity index is 1.63. The van der Waals surface area contributed by atoms with Gasteiger partial charge in [0, 0.05) is 49.0 Å². The first-order valence-corrected chi connectivity index (χ1v) is 9.80. The van der Waals surface area contributed by atoms with Crippen molar-refractivity contribution in [2.24, 2.45) is 0 Å². The van der Waals surface area contributed by atoms with Crippen LogP contribution in [-0.4, -0.2) is 45.3 Å². The van der Waals surface area contributed by atoms with Crippen LogP contribution in [0.1, 0.15) is 50.8 Å². The van der Waals surface area contributed by atoms with Gasteiger partial charge in [0.05, 0.1) is 5.69 Å². The van der Waals surface area contributed by atoms with Crippen LogP contribution in [0.25, 0.3) is 11.3 Å². The van der Waals surface area contributed by atoms with Gasteiger partial charge in [-0.3, -0.25) is 4.68 Å². The average Bonchev–Trinajstić information content (AvgIpc) is 3.33. The Kier molecular flexibility index (Phi) is 4.32. The predicted octanol–water partition coefficient (Wildman–Crippen LogP) is 2.73. The lowest BCUT2D eigenvalue weighted by Crippen LogP contribution is -2.40. The number of carbonyl (C=O) groups is 1. The second-order valence-corrected chi connectivity index (χ2v) is 8.03. The second-order valence-electron chi connectivity index (χ2n) is 8.03. The lowest BCUT2D eigenvalue weighted by molar-refractivity contribution is 0.206. The van der Waals surface area contributed by atoms with E-state index in [9.17, 15) is 4.79 Å². The van der Waals surface area contributed by atoms with Gasteiger partial charge in [0.15, 0.2) is 0 Å². The highest BCUT2D eigenvalue weighted by atomic mass is 16.2. The highest BCUT2D eigenvalue weighted by molar-refractivity contribution is 5.74. The number of amides is 2. The third-order valence-electron chi connectivity index (χ3n) is 5.96. The highest BCUT2D eigenvalue weighted by Gasteiger charge is 2.46. The molecule has 2 aliphatic rings. The minimum Gasteiger partial charge on any atom is -0.383 e. The zero-order chi connectivity index (χ0) is 19.2. The molecule has 2 amide bonds. The van der Waals surface area contributed by atoms with Crippen molar-refractivity contribution in [3.8, 4) is 11.3 Å². The van der Waals surface area contributed by atoms with E-state index in [0.29, 0.717) is 18.3 Å².